The van der Waals surface area contributed by atoms with Gasteiger partial charge in [0.15, 0.2) is 0 Å². The molecule has 2 fully saturated rings. The molecule has 1 aliphatic carbocycles. The number of nitrogens with two attached hydrogens (primary N) is 1. The molecule has 1 atom stereocenters. The molecule has 0 aromatic rings. The van der Waals surface area contributed by atoms with E-state index < -0.39 is 16.8 Å². The van der Waals surface area contributed by atoms with Gasteiger partial charge in [-0.15, -0.1) is 0 Å². The van der Waals surface area contributed by atoms with Gasteiger partial charge in [-0.2, -0.15) is 0 Å². The molecule has 0 spiro atoms. The van der Waals surface area contributed by atoms with E-state index in [9.17, 15) is 14.7 Å². The van der Waals surface area contributed by atoms with Gasteiger partial charge < -0.3 is 15.7 Å². The third-order valence-electron chi connectivity index (χ3n) is 5.68. The van der Waals surface area contributed by atoms with Gasteiger partial charge in [-0.3, -0.25) is 9.59 Å². The molecule has 2 aliphatic rings. The molecule has 1 heterocycles. The van der Waals surface area contributed by atoms with Gasteiger partial charge in [0.2, 0.25) is 5.91 Å². The van der Waals surface area contributed by atoms with Crippen LogP contribution in [0, 0.1) is 10.8 Å². The fourth-order valence-corrected chi connectivity index (χ4v) is 3.91. The zero-order chi connectivity index (χ0) is 15.5. The third kappa shape index (κ3) is 2.93. The fourth-order valence-electron chi connectivity index (χ4n) is 3.91. The van der Waals surface area contributed by atoms with Gasteiger partial charge in [-0.05, 0) is 25.7 Å². The Morgan fingerprint density at radius 3 is 2.14 bits per heavy atom. The Morgan fingerprint density at radius 1 is 1.10 bits per heavy atom. The number of carboxylic acids is 1. The van der Waals surface area contributed by atoms with E-state index in [1.165, 1.54) is 12.8 Å². The second-order valence-electron chi connectivity index (χ2n) is 6.81. The third-order valence-corrected chi connectivity index (χ3v) is 5.68. The highest BCUT2D eigenvalue weighted by Crippen LogP contribution is 2.40. The van der Waals surface area contributed by atoms with Crippen LogP contribution in [0.25, 0.3) is 0 Å². The van der Waals surface area contributed by atoms with Gasteiger partial charge in [0.1, 0.15) is 0 Å². The topological polar surface area (TPSA) is 83.6 Å². The van der Waals surface area contributed by atoms with Crippen molar-refractivity contribution in [3.05, 3.63) is 0 Å². The second kappa shape index (κ2) is 6.34. The minimum absolute atomic E-state index is 0.100. The molecule has 21 heavy (non-hydrogen) atoms. The van der Waals surface area contributed by atoms with Crippen molar-refractivity contribution < 1.29 is 14.7 Å². The maximum absolute atomic E-state index is 13.0. The molecule has 120 valence electrons. The van der Waals surface area contributed by atoms with Gasteiger partial charge in [0.25, 0.3) is 0 Å². The van der Waals surface area contributed by atoms with Crippen LogP contribution in [-0.2, 0) is 9.59 Å². The van der Waals surface area contributed by atoms with Gasteiger partial charge in [0, 0.05) is 19.6 Å². The summed E-state index contributed by atoms with van der Waals surface area (Å²) in [6, 6.07) is 0. The van der Waals surface area contributed by atoms with Crippen molar-refractivity contribution in [2.75, 3.05) is 19.6 Å². The number of amides is 1. The van der Waals surface area contributed by atoms with E-state index in [0.717, 1.165) is 25.7 Å². The largest absolute Gasteiger partial charge is 0.481 e. The van der Waals surface area contributed by atoms with Crippen LogP contribution >= 0.6 is 0 Å². The van der Waals surface area contributed by atoms with E-state index in [1.807, 2.05) is 6.92 Å². The zero-order valence-corrected chi connectivity index (χ0v) is 13.1. The smallest absolute Gasteiger partial charge is 0.311 e. The number of carboxylic acid groups (broad SMARTS) is 1. The number of nitrogens with zero attached hydrogens (tertiary/aromatic N) is 1. The standard InChI is InChI=1S/C16H28N2O3/c1-2-15(14(20)21)9-10-18(12-15)13(19)16(11-17)7-5-3-4-6-8-16/h2-12,17H2,1H3,(H,20,21). The molecule has 0 bridgehead atoms. The van der Waals surface area contributed by atoms with E-state index >= 15 is 0 Å². The quantitative estimate of drug-likeness (QED) is 0.777. The summed E-state index contributed by atoms with van der Waals surface area (Å²) in [7, 11) is 0. The predicted octanol–water partition coefficient (Wildman–Crippen LogP) is 2.00. The van der Waals surface area contributed by atoms with Crippen molar-refractivity contribution in [3.63, 3.8) is 0 Å². The van der Waals surface area contributed by atoms with Gasteiger partial charge in [-0.1, -0.05) is 32.6 Å². The molecule has 1 saturated carbocycles. The Bertz CT molecular complexity index is 402. The van der Waals surface area contributed by atoms with Crippen LogP contribution in [0.5, 0.6) is 0 Å². The highest BCUT2D eigenvalue weighted by atomic mass is 16.4. The van der Waals surface area contributed by atoms with Crippen LogP contribution in [0.4, 0.5) is 0 Å². The monoisotopic (exact) mass is 296 g/mol. The maximum atomic E-state index is 13.0. The van der Waals surface area contributed by atoms with Crippen molar-refractivity contribution in [2.24, 2.45) is 16.6 Å². The summed E-state index contributed by atoms with van der Waals surface area (Å²) in [6.07, 6.45) is 7.28. The van der Waals surface area contributed by atoms with E-state index in [4.69, 9.17) is 5.73 Å². The van der Waals surface area contributed by atoms with Crippen LogP contribution in [0.1, 0.15) is 58.3 Å². The van der Waals surface area contributed by atoms with Crippen molar-refractivity contribution in [1.29, 1.82) is 0 Å². The lowest BCUT2D eigenvalue weighted by atomic mass is 9.78. The zero-order valence-electron chi connectivity index (χ0n) is 13.1. The first kappa shape index (κ1) is 16.3. The number of carbonyl (C=O) groups excluding carboxylic acids is 1. The highest BCUT2D eigenvalue weighted by molar-refractivity contribution is 5.85. The van der Waals surface area contributed by atoms with E-state index in [2.05, 4.69) is 0 Å². The Labute approximate surface area is 126 Å². The molecule has 0 radical (unpaired) electrons. The SMILES string of the molecule is CCC1(C(=O)O)CCN(C(=O)C2(CN)CCCCCC2)C1. The Morgan fingerprint density at radius 2 is 1.71 bits per heavy atom. The van der Waals surface area contributed by atoms with Crippen molar-refractivity contribution in [2.45, 2.75) is 58.3 Å². The van der Waals surface area contributed by atoms with Crippen LogP contribution < -0.4 is 5.73 Å². The molecule has 1 saturated heterocycles. The normalized spacial score (nSPS) is 29.1. The summed E-state index contributed by atoms with van der Waals surface area (Å²) in [5.74, 6) is -0.675. The van der Waals surface area contributed by atoms with Gasteiger partial charge in [0.05, 0.1) is 10.8 Å². The summed E-state index contributed by atoms with van der Waals surface area (Å²) < 4.78 is 0. The molecule has 3 N–H and O–H groups in total. The van der Waals surface area contributed by atoms with E-state index in [-0.39, 0.29) is 5.91 Å². The number of aliphatic carboxylic acids is 1. The molecular weight excluding hydrogens is 268 g/mol. The first-order valence-electron chi connectivity index (χ1n) is 8.22. The van der Waals surface area contributed by atoms with Gasteiger partial charge in [-0.25, -0.2) is 0 Å². The first-order chi connectivity index (χ1) is 9.99. The second-order valence-corrected chi connectivity index (χ2v) is 6.81. The van der Waals surface area contributed by atoms with Crippen LogP contribution in [-0.4, -0.2) is 41.5 Å². The lowest BCUT2D eigenvalue weighted by molar-refractivity contribution is -0.149. The highest BCUT2D eigenvalue weighted by Gasteiger charge is 2.48. The number of hydrogen-bond acceptors (Lipinski definition) is 3. The molecule has 1 amide bonds. The van der Waals surface area contributed by atoms with Crippen molar-refractivity contribution in [3.8, 4) is 0 Å². The molecule has 1 aliphatic heterocycles. The van der Waals surface area contributed by atoms with Crippen molar-refractivity contribution in [1.82, 2.24) is 4.90 Å². The lowest BCUT2D eigenvalue weighted by Gasteiger charge is -2.35. The summed E-state index contributed by atoms with van der Waals surface area (Å²) in [4.78, 5) is 26.3. The lowest BCUT2D eigenvalue weighted by Crippen LogP contribution is -2.48. The molecular formula is C16H28N2O3. The van der Waals surface area contributed by atoms with E-state index in [1.54, 1.807) is 4.90 Å². The van der Waals surface area contributed by atoms with Gasteiger partial charge >= 0.3 is 5.97 Å². The minimum Gasteiger partial charge on any atom is -0.481 e. The Hall–Kier alpha value is -1.10. The van der Waals surface area contributed by atoms with Crippen LogP contribution in [0.3, 0.4) is 0 Å². The molecule has 0 aromatic heterocycles. The predicted molar refractivity (Wildman–Crippen MR) is 80.7 cm³/mol. The summed E-state index contributed by atoms with van der Waals surface area (Å²) >= 11 is 0. The van der Waals surface area contributed by atoms with Crippen LogP contribution in [0.2, 0.25) is 0 Å². The number of likely N-dealkylation sites (tertiary alicyclic amines) is 1. The molecule has 5 nitrogen and oxygen atoms in total. The molecule has 1 unspecified atom stereocenters. The van der Waals surface area contributed by atoms with E-state index in [0.29, 0.717) is 32.5 Å². The van der Waals surface area contributed by atoms with Crippen molar-refractivity contribution >= 4 is 11.9 Å². The first-order valence-corrected chi connectivity index (χ1v) is 8.22. The van der Waals surface area contributed by atoms with Crippen LogP contribution in [0.15, 0.2) is 0 Å². The number of rotatable bonds is 4. The summed E-state index contributed by atoms with van der Waals surface area (Å²) in [6.45, 7) is 3.18. The molecule has 5 heteroatoms. The molecule has 2 rings (SSSR count). The Balaban J connectivity index is 2.14. The molecule has 0 aromatic carbocycles. The average Bonchev–Trinajstić information content (AvgIpc) is 2.79. The number of hydrogen-bond donors (Lipinski definition) is 2. The minimum atomic E-state index is -0.775. The fraction of sp³-hybridized carbons (Fsp3) is 0.875. The average molecular weight is 296 g/mol. The maximum Gasteiger partial charge on any atom is 0.311 e. The summed E-state index contributed by atoms with van der Waals surface area (Å²) in [5.41, 5.74) is 4.77. The summed E-state index contributed by atoms with van der Waals surface area (Å²) in [5, 5.41) is 9.48. The Kier molecular flexibility index (Phi) is 4.91. The number of carbonyl (C=O) groups is 2.